The molecule has 1 amide bonds. The molecule has 0 spiro atoms. The molecule has 1 aliphatic rings. The Hall–Kier alpha value is -3.07. The summed E-state index contributed by atoms with van der Waals surface area (Å²) in [5.41, 5.74) is 1.13. The van der Waals surface area contributed by atoms with Gasteiger partial charge in [-0.1, -0.05) is 37.3 Å². The van der Waals surface area contributed by atoms with E-state index in [2.05, 4.69) is 10.3 Å². The third kappa shape index (κ3) is 6.00. The zero-order chi connectivity index (χ0) is 22.9. The molecule has 2 heterocycles. The summed E-state index contributed by atoms with van der Waals surface area (Å²) in [6.07, 6.45) is 0.386. The number of nitrogens with one attached hydrogen (secondary N) is 1. The number of carbonyl (C=O) groups excluding carboxylic acids is 2. The molecule has 1 fully saturated rings. The van der Waals surface area contributed by atoms with Crippen LogP contribution in [0.2, 0.25) is 0 Å². The van der Waals surface area contributed by atoms with E-state index >= 15 is 0 Å². The molecule has 1 saturated heterocycles. The Labute approximate surface area is 188 Å². The molecule has 0 saturated carbocycles. The van der Waals surface area contributed by atoms with Gasteiger partial charge in [-0.25, -0.2) is 9.59 Å². The van der Waals surface area contributed by atoms with Gasteiger partial charge in [-0.05, 0) is 25.8 Å². The zero-order valence-corrected chi connectivity index (χ0v) is 18.8. The fraction of sp³-hybridized carbons (Fsp3) is 0.522. The standard InChI is InChI=1S/C23H31N3O6/c1-4-18-20(21(27)30-6-3)25-22(32-18)26-13-12-17(19(14-26)29-5-2)24-23(28)31-15-16-10-8-7-9-11-16/h7-11,17,19H,4-6,12-15H2,1-3H3,(H,24,28)/t17-,19+/m0/s1. The number of hydrogen-bond acceptors (Lipinski definition) is 8. The normalized spacial score (nSPS) is 18.3. The smallest absolute Gasteiger partial charge is 0.407 e. The number of rotatable bonds is 9. The number of hydrogen-bond donors (Lipinski definition) is 1. The van der Waals surface area contributed by atoms with Crippen molar-refractivity contribution in [2.75, 3.05) is 31.2 Å². The second kappa shape index (κ2) is 11.5. The van der Waals surface area contributed by atoms with Crippen molar-refractivity contribution in [3.05, 3.63) is 47.3 Å². The molecule has 3 rings (SSSR count). The summed E-state index contributed by atoms with van der Waals surface area (Å²) in [6, 6.07) is 9.67. The zero-order valence-electron chi connectivity index (χ0n) is 18.8. The number of esters is 1. The molecular weight excluding hydrogens is 414 g/mol. The number of oxazole rings is 1. The van der Waals surface area contributed by atoms with Crippen LogP contribution in [0.3, 0.4) is 0 Å². The summed E-state index contributed by atoms with van der Waals surface area (Å²) in [7, 11) is 0. The fourth-order valence-electron chi connectivity index (χ4n) is 3.63. The van der Waals surface area contributed by atoms with Crippen LogP contribution >= 0.6 is 0 Å². The number of ether oxygens (including phenoxy) is 3. The van der Waals surface area contributed by atoms with Gasteiger partial charge in [0.25, 0.3) is 6.01 Å². The van der Waals surface area contributed by atoms with Crippen LogP contribution < -0.4 is 10.2 Å². The Bertz CT molecular complexity index is 885. The molecule has 0 bridgehead atoms. The number of piperidine rings is 1. The third-order valence-electron chi connectivity index (χ3n) is 5.20. The molecule has 2 aromatic rings. The first-order valence-electron chi connectivity index (χ1n) is 11.1. The minimum absolute atomic E-state index is 0.206. The Balaban J connectivity index is 1.62. The number of benzene rings is 1. The molecular formula is C23H31N3O6. The highest BCUT2D eigenvalue weighted by atomic mass is 16.6. The van der Waals surface area contributed by atoms with E-state index in [0.717, 1.165) is 5.56 Å². The Kier molecular flexibility index (Phi) is 8.49. The number of aromatic nitrogens is 1. The van der Waals surface area contributed by atoms with Crippen LogP contribution in [-0.4, -0.2) is 55.5 Å². The largest absolute Gasteiger partial charge is 0.461 e. The lowest BCUT2D eigenvalue weighted by Gasteiger charge is -2.37. The predicted molar refractivity (Wildman–Crippen MR) is 118 cm³/mol. The summed E-state index contributed by atoms with van der Waals surface area (Å²) in [5.74, 6) is 0.00886. The third-order valence-corrected chi connectivity index (χ3v) is 5.20. The van der Waals surface area contributed by atoms with Crippen LogP contribution in [0.5, 0.6) is 0 Å². The molecule has 1 aromatic carbocycles. The minimum Gasteiger partial charge on any atom is -0.461 e. The van der Waals surface area contributed by atoms with E-state index in [1.165, 1.54) is 0 Å². The molecule has 9 nitrogen and oxygen atoms in total. The summed E-state index contributed by atoms with van der Waals surface area (Å²) >= 11 is 0. The topological polar surface area (TPSA) is 103 Å². The summed E-state index contributed by atoms with van der Waals surface area (Å²) in [6.45, 7) is 7.57. The highest BCUT2D eigenvalue weighted by molar-refractivity contribution is 5.88. The van der Waals surface area contributed by atoms with Gasteiger partial charge in [-0.15, -0.1) is 0 Å². The summed E-state index contributed by atoms with van der Waals surface area (Å²) in [4.78, 5) is 30.8. The molecule has 9 heteroatoms. The van der Waals surface area contributed by atoms with Crippen LogP contribution in [0.25, 0.3) is 0 Å². The van der Waals surface area contributed by atoms with Gasteiger partial charge in [0.05, 0.1) is 25.3 Å². The van der Waals surface area contributed by atoms with E-state index in [1.54, 1.807) is 6.92 Å². The minimum atomic E-state index is -0.488. The summed E-state index contributed by atoms with van der Waals surface area (Å²) < 4.78 is 22.2. The van der Waals surface area contributed by atoms with Crippen molar-refractivity contribution in [1.82, 2.24) is 10.3 Å². The highest BCUT2D eigenvalue weighted by Gasteiger charge is 2.34. The van der Waals surface area contributed by atoms with Gasteiger partial charge in [-0.2, -0.15) is 4.98 Å². The number of anilines is 1. The number of amides is 1. The van der Waals surface area contributed by atoms with Gasteiger partial charge in [0.1, 0.15) is 12.4 Å². The fourth-order valence-corrected chi connectivity index (χ4v) is 3.63. The van der Waals surface area contributed by atoms with Crippen molar-refractivity contribution in [2.24, 2.45) is 0 Å². The number of nitrogens with zero attached hydrogens (tertiary/aromatic N) is 2. The van der Waals surface area contributed by atoms with Crippen molar-refractivity contribution in [3.8, 4) is 0 Å². The first-order valence-corrected chi connectivity index (χ1v) is 11.1. The van der Waals surface area contributed by atoms with E-state index in [-0.39, 0.29) is 31.1 Å². The van der Waals surface area contributed by atoms with Crippen molar-refractivity contribution >= 4 is 18.1 Å². The maximum atomic E-state index is 12.3. The second-order valence-electron chi connectivity index (χ2n) is 7.38. The lowest BCUT2D eigenvalue weighted by atomic mass is 10.0. The predicted octanol–water partition coefficient (Wildman–Crippen LogP) is 3.32. The second-order valence-corrected chi connectivity index (χ2v) is 7.38. The molecule has 2 atom stereocenters. The molecule has 0 radical (unpaired) electrons. The van der Waals surface area contributed by atoms with Gasteiger partial charge in [0.2, 0.25) is 0 Å². The van der Waals surface area contributed by atoms with Gasteiger partial charge < -0.3 is 28.8 Å². The number of carbonyl (C=O) groups is 2. The average Bonchev–Trinajstić information content (AvgIpc) is 3.24. The van der Waals surface area contributed by atoms with E-state index in [1.807, 2.05) is 49.1 Å². The van der Waals surface area contributed by atoms with Crippen LogP contribution in [-0.2, 0) is 27.2 Å². The van der Waals surface area contributed by atoms with Crippen LogP contribution in [0.15, 0.2) is 34.7 Å². The van der Waals surface area contributed by atoms with Crippen molar-refractivity contribution in [3.63, 3.8) is 0 Å². The highest BCUT2D eigenvalue weighted by Crippen LogP contribution is 2.25. The van der Waals surface area contributed by atoms with Crippen LogP contribution in [0.1, 0.15) is 49.0 Å². The van der Waals surface area contributed by atoms with E-state index in [9.17, 15) is 9.59 Å². The van der Waals surface area contributed by atoms with Gasteiger partial charge >= 0.3 is 12.1 Å². The lowest BCUT2D eigenvalue weighted by Crippen LogP contribution is -2.55. The Morgan fingerprint density at radius 2 is 1.94 bits per heavy atom. The van der Waals surface area contributed by atoms with Crippen molar-refractivity contribution < 1.29 is 28.2 Å². The molecule has 174 valence electrons. The van der Waals surface area contributed by atoms with Crippen LogP contribution in [0, 0.1) is 0 Å². The van der Waals surface area contributed by atoms with E-state index < -0.39 is 12.1 Å². The van der Waals surface area contributed by atoms with Crippen molar-refractivity contribution in [1.29, 1.82) is 0 Å². The summed E-state index contributed by atoms with van der Waals surface area (Å²) in [5, 5.41) is 2.92. The maximum Gasteiger partial charge on any atom is 0.407 e. The number of alkyl carbamates (subject to hydrolysis) is 1. The maximum absolute atomic E-state index is 12.3. The quantitative estimate of drug-likeness (QED) is 0.587. The van der Waals surface area contributed by atoms with Crippen LogP contribution in [0.4, 0.5) is 10.8 Å². The Morgan fingerprint density at radius 3 is 2.62 bits per heavy atom. The van der Waals surface area contributed by atoms with E-state index in [4.69, 9.17) is 18.6 Å². The van der Waals surface area contributed by atoms with Gasteiger partial charge in [0, 0.05) is 19.6 Å². The SMILES string of the molecule is CCOC(=O)c1nc(N2CC[C@H](NC(=O)OCc3ccccc3)[C@H](OCC)C2)oc1CC. The lowest BCUT2D eigenvalue weighted by molar-refractivity contribution is 0.0252. The number of aryl methyl sites for hydroxylation is 1. The molecule has 1 aliphatic heterocycles. The molecule has 32 heavy (non-hydrogen) atoms. The Morgan fingerprint density at radius 1 is 1.16 bits per heavy atom. The van der Waals surface area contributed by atoms with E-state index in [0.29, 0.717) is 44.3 Å². The average molecular weight is 446 g/mol. The first kappa shape index (κ1) is 23.6. The van der Waals surface area contributed by atoms with Gasteiger partial charge in [0.15, 0.2) is 5.69 Å². The van der Waals surface area contributed by atoms with Crippen molar-refractivity contribution in [2.45, 2.75) is 52.4 Å². The molecule has 1 aromatic heterocycles. The first-order chi connectivity index (χ1) is 15.5. The molecule has 0 unspecified atom stereocenters. The molecule has 1 N–H and O–H groups in total. The molecule has 0 aliphatic carbocycles. The monoisotopic (exact) mass is 445 g/mol. The van der Waals surface area contributed by atoms with Gasteiger partial charge in [-0.3, -0.25) is 0 Å².